The van der Waals surface area contributed by atoms with Crippen LogP contribution in [-0.2, 0) is 45.2 Å². The topological polar surface area (TPSA) is 355 Å². The van der Waals surface area contributed by atoms with Crippen LogP contribution in [0, 0.1) is 0 Å². The summed E-state index contributed by atoms with van der Waals surface area (Å²) in [5.41, 5.74) is -3.78. The molecule has 4 aromatic heterocycles. The Morgan fingerprint density at radius 3 is 1.21 bits per heavy atom. The molecule has 3 unspecified atom stereocenters. The van der Waals surface area contributed by atoms with Gasteiger partial charge in [0.25, 0.3) is 22.6 Å². The number of aliphatic hydroxyl groups excluding tert-OH is 9. The fraction of sp³-hybridized carbons (Fsp3) is 0.431. The Balaban J connectivity index is 0.000000170. The lowest BCUT2D eigenvalue weighted by atomic mass is 9.84. The minimum Gasteiger partial charge on any atom is -0.394 e. The number of hydrogen-bond acceptors (Lipinski definition) is 19. The maximum Gasteiger partial charge on any atom is 0.333 e. The molecule has 9 N–H and O–H groups in total. The lowest BCUT2D eigenvalue weighted by Gasteiger charge is -2.27. The predicted molar refractivity (Wildman–Crippen MR) is 267 cm³/mol. The van der Waals surface area contributed by atoms with Gasteiger partial charge in [0.1, 0.15) is 54.9 Å². The number of nitrogens with zero attached hydrogens (tertiary/aromatic N) is 7. The van der Waals surface area contributed by atoms with Gasteiger partial charge >= 0.3 is 17.1 Å². The van der Waals surface area contributed by atoms with Gasteiger partial charge in [-0.3, -0.25) is 46.8 Å². The molecule has 2 aromatic carbocycles. The number of aliphatic hydroxyl groups is 9. The number of aromatic nitrogens is 7. The van der Waals surface area contributed by atoms with E-state index in [9.17, 15) is 73.3 Å². The van der Waals surface area contributed by atoms with Crippen molar-refractivity contribution in [3.8, 4) is 0 Å². The van der Waals surface area contributed by atoms with E-state index in [-0.39, 0.29) is 18.7 Å². The lowest BCUT2D eigenvalue weighted by molar-refractivity contribution is -0.0577. The fourth-order valence-corrected chi connectivity index (χ4v) is 8.94. The second kappa shape index (κ2) is 24.8. The van der Waals surface area contributed by atoms with Crippen LogP contribution >= 0.6 is 0 Å². The van der Waals surface area contributed by atoms with E-state index in [2.05, 4.69) is 4.98 Å². The molecule has 27 heteroatoms. The third-order valence-electron chi connectivity index (χ3n) is 13.4. The van der Waals surface area contributed by atoms with Gasteiger partial charge in [-0.1, -0.05) is 80.6 Å². The van der Waals surface area contributed by atoms with Crippen LogP contribution in [0.1, 0.15) is 49.4 Å². The Bertz CT molecular complexity index is 3190. The molecular formula is C51H59F2N7O18. The average Bonchev–Trinajstić information content (AvgIpc) is 4.04. The normalized spacial score (nSPS) is 26.0. The van der Waals surface area contributed by atoms with Crippen LogP contribution in [0.4, 0.5) is 8.78 Å². The van der Waals surface area contributed by atoms with Crippen molar-refractivity contribution >= 4 is 0 Å². The first kappa shape index (κ1) is 58.7. The van der Waals surface area contributed by atoms with Gasteiger partial charge < -0.3 is 60.2 Å². The number of alkyl halides is 2. The molecule has 78 heavy (non-hydrogen) atoms. The molecule has 3 saturated heterocycles. The highest BCUT2D eigenvalue weighted by molar-refractivity contribution is 5.23. The first-order valence-corrected chi connectivity index (χ1v) is 24.3. The van der Waals surface area contributed by atoms with Gasteiger partial charge in [-0.15, -0.1) is 0 Å². The maximum absolute atomic E-state index is 14.5. The highest BCUT2D eigenvalue weighted by atomic mass is 19.3. The van der Waals surface area contributed by atoms with E-state index in [1.165, 1.54) is 48.8 Å². The molecule has 6 aromatic rings. The molecule has 25 nitrogen and oxygen atoms in total. The fourth-order valence-electron chi connectivity index (χ4n) is 8.94. The van der Waals surface area contributed by atoms with Gasteiger partial charge in [0.2, 0.25) is 0 Å². The Labute approximate surface area is 439 Å². The summed E-state index contributed by atoms with van der Waals surface area (Å²) in [6.07, 6.45) is -10.5. The first-order chi connectivity index (χ1) is 37.0. The summed E-state index contributed by atoms with van der Waals surface area (Å²) in [4.78, 5) is 78.5. The van der Waals surface area contributed by atoms with E-state index < -0.39 is 145 Å². The Hall–Kier alpha value is -6.99. The molecule has 3 aliphatic heterocycles. The number of hydrogen-bond donors (Lipinski definition) is 9. The van der Waals surface area contributed by atoms with Gasteiger partial charge in [0.15, 0.2) is 18.7 Å². The largest absolute Gasteiger partial charge is 0.394 e. The van der Waals surface area contributed by atoms with Crippen molar-refractivity contribution in [2.45, 2.75) is 118 Å². The van der Waals surface area contributed by atoms with Crippen molar-refractivity contribution in [3.05, 3.63) is 201 Å². The van der Waals surface area contributed by atoms with E-state index in [1.54, 1.807) is 30.5 Å². The van der Waals surface area contributed by atoms with Crippen molar-refractivity contribution in [2.75, 3.05) is 19.8 Å². The minimum atomic E-state index is -3.49. The lowest BCUT2D eigenvalue weighted by Crippen LogP contribution is -2.45. The second-order valence-corrected chi connectivity index (χ2v) is 19.1. The zero-order valence-electron chi connectivity index (χ0n) is 41.8. The van der Waals surface area contributed by atoms with Crippen LogP contribution in [0.3, 0.4) is 0 Å². The quantitative estimate of drug-likeness (QED) is 0.0527. The van der Waals surface area contributed by atoms with Crippen LogP contribution in [0.5, 0.6) is 0 Å². The molecule has 420 valence electrons. The highest BCUT2D eigenvalue weighted by Gasteiger charge is 2.46. The zero-order valence-corrected chi connectivity index (χ0v) is 41.8. The van der Waals surface area contributed by atoms with Crippen LogP contribution < -0.4 is 33.7 Å². The van der Waals surface area contributed by atoms with Crippen molar-refractivity contribution in [3.63, 3.8) is 0 Å². The maximum atomic E-state index is 14.5. The van der Waals surface area contributed by atoms with Crippen LogP contribution in [0.25, 0.3) is 0 Å². The Morgan fingerprint density at radius 2 is 0.833 bits per heavy atom. The Kier molecular flexibility index (Phi) is 18.6. The van der Waals surface area contributed by atoms with E-state index in [4.69, 9.17) is 24.4 Å². The van der Waals surface area contributed by atoms with Crippen LogP contribution in [0.2, 0.25) is 0 Å². The molecule has 0 saturated carbocycles. The van der Waals surface area contributed by atoms with Crippen molar-refractivity contribution in [1.29, 1.82) is 0 Å². The van der Waals surface area contributed by atoms with E-state index in [0.29, 0.717) is 10.3 Å². The monoisotopic (exact) mass is 1100 g/mol. The predicted octanol–water partition coefficient (Wildman–Crippen LogP) is -2.92. The summed E-state index contributed by atoms with van der Waals surface area (Å²) in [6.45, 7) is 1.13. The summed E-state index contributed by atoms with van der Waals surface area (Å²) < 4.78 is 50.2. The molecule has 0 bridgehead atoms. The summed E-state index contributed by atoms with van der Waals surface area (Å²) in [6, 6.07) is 24.7. The average molecular weight is 1100 g/mol. The summed E-state index contributed by atoms with van der Waals surface area (Å²) >= 11 is 0. The van der Waals surface area contributed by atoms with Gasteiger partial charge in [0, 0.05) is 60.5 Å². The smallest absolute Gasteiger partial charge is 0.333 e. The molecule has 3 fully saturated rings. The van der Waals surface area contributed by atoms with E-state index >= 15 is 0 Å². The van der Waals surface area contributed by atoms with Gasteiger partial charge in [-0.25, -0.2) is 14.4 Å². The molecule has 9 rings (SSSR count). The third-order valence-corrected chi connectivity index (χ3v) is 13.4. The van der Waals surface area contributed by atoms with Gasteiger partial charge in [0.05, 0.1) is 38.6 Å². The van der Waals surface area contributed by atoms with Crippen molar-refractivity contribution < 1.29 is 69.0 Å². The molecule has 7 heterocycles. The number of pyridine rings is 1. The minimum absolute atomic E-state index is 0.0336. The highest BCUT2D eigenvalue weighted by Crippen LogP contribution is 2.32. The van der Waals surface area contributed by atoms with Crippen molar-refractivity contribution in [2.24, 2.45) is 0 Å². The van der Waals surface area contributed by atoms with Crippen molar-refractivity contribution in [1.82, 2.24) is 32.4 Å². The summed E-state index contributed by atoms with van der Waals surface area (Å²) in [5.74, 6) is -3.49. The molecule has 0 aliphatic carbocycles. The Morgan fingerprint density at radius 1 is 0.474 bits per heavy atom. The third kappa shape index (κ3) is 12.5. The molecule has 0 spiro atoms. The zero-order chi connectivity index (χ0) is 56.8. The molecule has 0 radical (unpaired) electrons. The number of benzene rings is 2. The number of rotatable bonds is 14. The van der Waals surface area contributed by atoms with Gasteiger partial charge in [-0.05, 0) is 17.7 Å². The number of halogens is 2. The number of ether oxygens (including phenoxy) is 3. The van der Waals surface area contributed by atoms with E-state index in [1.807, 2.05) is 44.2 Å². The molecule has 3 aliphatic rings. The first-order valence-electron chi connectivity index (χ1n) is 24.3. The van der Waals surface area contributed by atoms with Crippen LogP contribution in [0.15, 0.2) is 151 Å². The van der Waals surface area contributed by atoms with Gasteiger partial charge in [-0.2, -0.15) is 8.78 Å². The van der Waals surface area contributed by atoms with E-state index in [0.717, 1.165) is 40.7 Å². The molecule has 12 atom stereocenters. The summed E-state index contributed by atoms with van der Waals surface area (Å²) in [5, 5.41) is 87.3. The van der Waals surface area contributed by atoms with Crippen LogP contribution in [-0.4, -0.2) is 153 Å². The summed E-state index contributed by atoms with van der Waals surface area (Å²) in [7, 11) is 0. The molecular weight excluding hydrogens is 1040 g/mol. The standard InChI is InChI=1S/C19H24N2O6.C17H18F2N2O6.C15H17N3O6/c1-19(2,12-6-4-3-5-7-12)11-21-14(23)8-9-20(18(21)26)17-16(25)15(24)13(10-22)27-17;18-17(19,10-4-2-1-3-5-10)9-21-12(23)6-7-20(16(21)26)15-14(25)13(24)11(8-22)27-15;19-8-10-12(21)13(22)14(24-10)17-6-4-11(20)18(15(17)23)7-9-3-1-2-5-16-9/h3-9,13,15-17,22,24-25H,10-11H2,1-2H3;1-7,11,13-15,22,24-25H,8-9H2;1-6,10,12-14,19,21-22H,7-8H2/t13-,15+,16?,17-;11-,13+,14?,15-;10-,12+,13?,14-/m111/s1. The SMILES string of the molecule is CC(C)(Cn1c(=O)ccn([C@@H]2O[C@H](CO)[C@H](O)C2O)c1=O)c1ccccc1.O=c1ccn([C@@H]2O[C@H](CO)[C@H](O)C2O)c(=O)n1CC(F)(F)c1ccccc1.O=c1ccn([C@@H]2O[C@H](CO)[C@H](O)C2O)c(=O)n1Cc1ccccn1. The second-order valence-electron chi connectivity index (χ2n) is 19.1. The molecule has 0 amide bonds.